The lowest BCUT2D eigenvalue weighted by Gasteiger charge is -2.11. The predicted molar refractivity (Wildman–Crippen MR) is 84.0 cm³/mol. The molecule has 0 bridgehead atoms. The zero-order valence-electron chi connectivity index (χ0n) is 12.0. The molecule has 0 spiro atoms. The highest BCUT2D eigenvalue weighted by atomic mass is 32.1. The van der Waals surface area contributed by atoms with Crippen LogP contribution >= 0.6 is 11.3 Å². The Morgan fingerprint density at radius 1 is 1.21 bits per heavy atom. The van der Waals surface area contributed by atoms with E-state index in [2.05, 4.69) is 67.4 Å². The third kappa shape index (κ3) is 3.33. The zero-order chi connectivity index (χ0) is 13.8. The molecule has 102 valence electrons. The number of aromatic nitrogens is 1. The van der Waals surface area contributed by atoms with Crippen molar-refractivity contribution in [1.82, 2.24) is 10.3 Å². The van der Waals surface area contributed by atoms with Crippen LogP contribution in [0.5, 0.6) is 0 Å². The Labute approximate surface area is 119 Å². The van der Waals surface area contributed by atoms with Crippen LogP contribution in [0.25, 0.3) is 10.6 Å². The van der Waals surface area contributed by atoms with Gasteiger partial charge in [-0.05, 0) is 37.7 Å². The van der Waals surface area contributed by atoms with E-state index in [9.17, 15) is 0 Å². The van der Waals surface area contributed by atoms with Gasteiger partial charge in [0, 0.05) is 36.8 Å². The van der Waals surface area contributed by atoms with Gasteiger partial charge in [0.2, 0.25) is 0 Å². The second-order valence-electron chi connectivity index (χ2n) is 4.75. The van der Waals surface area contributed by atoms with Crippen molar-refractivity contribution in [2.24, 2.45) is 0 Å². The van der Waals surface area contributed by atoms with Crippen molar-refractivity contribution in [1.29, 1.82) is 0 Å². The highest BCUT2D eigenvalue weighted by molar-refractivity contribution is 7.15. The van der Waals surface area contributed by atoms with Crippen LogP contribution in [0, 0.1) is 6.92 Å². The Morgan fingerprint density at radius 2 is 1.89 bits per heavy atom. The fourth-order valence-electron chi connectivity index (χ4n) is 1.86. The van der Waals surface area contributed by atoms with E-state index in [1.54, 1.807) is 11.3 Å². The number of benzene rings is 1. The van der Waals surface area contributed by atoms with Gasteiger partial charge in [-0.25, -0.2) is 4.98 Å². The fourth-order valence-corrected chi connectivity index (χ4v) is 2.89. The van der Waals surface area contributed by atoms with Gasteiger partial charge in [0.25, 0.3) is 0 Å². The molecule has 0 aliphatic heterocycles. The first-order valence-corrected chi connectivity index (χ1v) is 7.38. The minimum Gasteiger partial charge on any atom is -0.378 e. The SMILES string of the molecule is CCNCc1sc(-c2ccc(N(C)C)cc2)nc1C. The van der Waals surface area contributed by atoms with Crippen LogP contribution in [-0.4, -0.2) is 25.6 Å². The third-order valence-corrected chi connectivity index (χ3v) is 4.27. The van der Waals surface area contributed by atoms with Gasteiger partial charge in [0.1, 0.15) is 5.01 Å². The van der Waals surface area contributed by atoms with E-state index in [1.807, 2.05) is 0 Å². The zero-order valence-corrected chi connectivity index (χ0v) is 12.8. The minimum absolute atomic E-state index is 0.912. The van der Waals surface area contributed by atoms with Crippen molar-refractivity contribution >= 4 is 17.0 Å². The largest absolute Gasteiger partial charge is 0.378 e. The molecule has 2 rings (SSSR count). The van der Waals surface area contributed by atoms with Crippen molar-refractivity contribution in [3.8, 4) is 10.6 Å². The van der Waals surface area contributed by atoms with E-state index in [-0.39, 0.29) is 0 Å². The summed E-state index contributed by atoms with van der Waals surface area (Å²) in [5.74, 6) is 0. The fraction of sp³-hybridized carbons (Fsp3) is 0.400. The van der Waals surface area contributed by atoms with Gasteiger partial charge in [0.05, 0.1) is 5.69 Å². The molecule has 0 radical (unpaired) electrons. The van der Waals surface area contributed by atoms with E-state index >= 15 is 0 Å². The molecule has 1 heterocycles. The Kier molecular flexibility index (Phi) is 4.56. The summed E-state index contributed by atoms with van der Waals surface area (Å²) in [6.45, 7) is 6.11. The van der Waals surface area contributed by atoms with Gasteiger partial charge in [0.15, 0.2) is 0 Å². The van der Waals surface area contributed by atoms with Gasteiger partial charge >= 0.3 is 0 Å². The van der Waals surface area contributed by atoms with Crippen LogP contribution in [0.15, 0.2) is 24.3 Å². The molecule has 4 heteroatoms. The lowest BCUT2D eigenvalue weighted by atomic mass is 10.2. The molecule has 0 aliphatic rings. The second-order valence-corrected chi connectivity index (χ2v) is 5.83. The molecule has 0 aliphatic carbocycles. The molecule has 0 unspecified atom stereocenters. The number of thiazole rings is 1. The van der Waals surface area contributed by atoms with Gasteiger partial charge in [-0.2, -0.15) is 0 Å². The number of anilines is 1. The van der Waals surface area contributed by atoms with Gasteiger partial charge in [-0.15, -0.1) is 11.3 Å². The summed E-state index contributed by atoms with van der Waals surface area (Å²) >= 11 is 1.78. The average molecular weight is 275 g/mol. The van der Waals surface area contributed by atoms with Crippen molar-refractivity contribution in [2.45, 2.75) is 20.4 Å². The maximum Gasteiger partial charge on any atom is 0.123 e. The summed E-state index contributed by atoms with van der Waals surface area (Å²) in [4.78, 5) is 8.11. The number of aryl methyl sites for hydroxylation is 1. The quantitative estimate of drug-likeness (QED) is 0.907. The topological polar surface area (TPSA) is 28.2 Å². The van der Waals surface area contributed by atoms with Crippen LogP contribution in [-0.2, 0) is 6.54 Å². The van der Waals surface area contributed by atoms with Crippen molar-refractivity contribution in [2.75, 3.05) is 25.5 Å². The van der Waals surface area contributed by atoms with E-state index in [0.717, 1.165) is 23.8 Å². The Bertz CT molecular complexity index is 529. The van der Waals surface area contributed by atoms with E-state index < -0.39 is 0 Å². The Balaban J connectivity index is 2.21. The summed E-state index contributed by atoms with van der Waals surface area (Å²) in [5, 5.41) is 4.47. The highest BCUT2D eigenvalue weighted by Crippen LogP contribution is 2.29. The first kappa shape index (κ1) is 14.0. The predicted octanol–water partition coefficient (Wildman–Crippen LogP) is 3.29. The van der Waals surface area contributed by atoms with Gasteiger partial charge in [-0.1, -0.05) is 6.92 Å². The monoisotopic (exact) mass is 275 g/mol. The number of hydrogen-bond acceptors (Lipinski definition) is 4. The summed E-state index contributed by atoms with van der Waals surface area (Å²) in [7, 11) is 4.11. The van der Waals surface area contributed by atoms with Crippen LogP contribution in [0.2, 0.25) is 0 Å². The molecule has 0 amide bonds. The maximum atomic E-state index is 4.67. The number of nitrogens with one attached hydrogen (secondary N) is 1. The summed E-state index contributed by atoms with van der Waals surface area (Å²) in [6, 6.07) is 8.56. The molecule has 3 nitrogen and oxygen atoms in total. The van der Waals surface area contributed by atoms with Crippen LogP contribution in [0.3, 0.4) is 0 Å². The number of nitrogens with zero attached hydrogens (tertiary/aromatic N) is 2. The molecule has 0 saturated heterocycles. The molecule has 1 aromatic carbocycles. The van der Waals surface area contributed by atoms with Gasteiger partial charge in [-0.3, -0.25) is 0 Å². The lowest BCUT2D eigenvalue weighted by Crippen LogP contribution is -2.11. The molecule has 1 N–H and O–H groups in total. The highest BCUT2D eigenvalue weighted by Gasteiger charge is 2.09. The summed E-state index contributed by atoms with van der Waals surface area (Å²) in [6.07, 6.45) is 0. The number of hydrogen-bond donors (Lipinski definition) is 1. The van der Waals surface area contributed by atoms with E-state index in [1.165, 1.54) is 16.1 Å². The molecular weight excluding hydrogens is 254 g/mol. The smallest absolute Gasteiger partial charge is 0.123 e. The second kappa shape index (κ2) is 6.17. The summed E-state index contributed by atoms with van der Waals surface area (Å²) in [5.41, 5.74) is 3.55. The van der Waals surface area contributed by atoms with Crippen LogP contribution < -0.4 is 10.2 Å². The van der Waals surface area contributed by atoms with Crippen molar-refractivity contribution < 1.29 is 0 Å². The Morgan fingerprint density at radius 3 is 2.47 bits per heavy atom. The lowest BCUT2D eigenvalue weighted by molar-refractivity contribution is 0.731. The van der Waals surface area contributed by atoms with Crippen LogP contribution in [0.1, 0.15) is 17.5 Å². The minimum atomic E-state index is 0.912. The molecular formula is C15H21N3S. The van der Waals surface area contributed by atoms with Crippen molar-refractivity contribution in [3.63, 3.8) is 0 Å². The number of rotatable bonds is 5. The molecule has 1 aromatic heterocycles. The maximum absolute atomic E-state index is 4.67. The molecule has 0 atom stereocenters. The summed E-state index contributed by atoms with van der Waals surface area (Å²) < 4.78 is 0. The normalized spacial score (nSPS) is 10.7. The molecule has 19 heavy (non-hydrogen) atoms. The standard InChI is InChI=1S/C15H21N3S/c1-5-16-10-14-11(2)17-15(19-14)12-6-8-13(9-7-12)18(3)4/h6-9,16H,5,10H2,1-4H3. The Hall–Kier alpha value is -1.39. The van der Waals surface area contributed by atoms with Gasteiger partial charge < -0.3 is 10.2 Å². The first-order valence-electron chi connectivity index (χ1n) is 6.56. The molecule has 0 fully saturated rings. The van der Waals surface area contributed by atoms with Crippen LogP contribution in [0.4, 0.5) is 5.69 Å². The van der Waals surface area contributed by atoms with E-state index in [4.69, 9.17) is 0 Å². The van der Waals surface area contributed by atoms with Crippen molar-refractivity contribution in [3.05, 3.63) is 34.8 Å². The molecule has 2 aromatic rings. The van der Waals surface area contributed by atoms with E-state index in [0.29, 0.717) is 0 Å². The molecule has 0 saturated carbocycles. The average Bonchev–Trinajstić information content (AvgIpc) is 2.78. The first-order chi connectivity index (χ1) is 9.11. The third-order valence-electron chi connectivity index (χ3n) is 3.06.